The highest BCUT2D eigenvalue weighted by molar-refractivity contribution is 7.82. The Morgan fingerprint density at radius 1 is 0.955 bits per heavy atom. The monoisotopic (exact) mass is 307 g/mol. The van der Waals surface area contributed by atoms with E-state index in [0.29, 0.717) is 0 Å². The van der Waals surface area contributed by atoms with Gasteiger partial charge in [-0.2, -0.15) is 5.10 Å². The minimum absolute atomic E-state index is 0.252. The molecule has 0 N–H and O–H groups in total. The van der Waals surface area contributed by atoms with E-state index in [1.165, 1.54) is 0 Å². The molecule has 2 aromatic carbocycles. The molecule has 2 aromatic rings. The number of hydrazone groups is 1. The minimum atomic E-state index is 0.252. The molecule has 1 atom stereocenters. The summed E-state index contributed by atoms with van der Waals surface area (Å²) in [5, 5.41) is 7.04. The maximum atomic E-state index is 5.72. The fourth-order valence-electron chi connectivity index (χ4n) is 3.18. The predicted octanol–water partition coefficient (Wildman–Crippen LogP) is 3.66. The van der Waals surface area contributed by atoms with Crippen LogP contribution in [0.5, 0.6) is 0 Å². The zero-order chi connectivity index (χ0) is 14.9. The van der Waals surface area contributed by atoms with Gasteiger partial charge in [-0.05, 0) is 25.0 Å². The molecule has 0 spiro atoms. The lowest BCUT2D eigenvalue weighted by Crippen LogP contribution is -2.52. The Bertz CT molecular complexity index is 712. The van der Waals surface area contributed by atoms with Crippen molar-refractivity contribution in [3.05, 3.63) is 66.2 Å². The van der Waals surface area contributed by atoms with E-state index in [1.807, 2.05) is 24.3 Å². The summed E-state index contributed by atoms with van der Waals surface area (Å²) in [7, 11) is 0. The summed E-state index contributed by atoms with van der Waals surface area (Å²) in [4.78, 5) is 3.19. The first kappa shape index (κ1) is 13.5. The van der Waals surface area contributed by atoms with Gasteiger partial charge >= 0.3 is 0 Å². The van der Waals surface area contributed by atoms with Crippen LogP contribution in [0, 0.1) is 0 Å². The molecule has 0 bridgehead atoms. The number of rotatable bonds is 2. The summed E-state index contributed by atoms with van der Waals surface area (Å²) >= 11 is 5.72. The van der Waals surface area contributed by atoms with Gasteiger partial charge in [-0.25, -0.2) is 5.01 Å². The zero-order valence-electron chi connectivity index (χ0n) is 12.2. The number of para-hydroxylation sites is 1. The van der Waals surface area contributed by atoms with Gasteiger partial charge in [-0.1, -0.05) is 60.7 Å². The second kappa shape index (κ2) is 5.54. The van der Waals surface area contributed by atoms with Crippen LogP contribution >= 0.6 is 12.2 Å². The van der Waals surface area contributed by atoms with Crippen LogP contribution in [0.25, 0.3) is 0 Å². The van der Waals surface area contributed by atoms with Crippen molar-refractivity contribution in [2.45, 2.75) is 19.0 Å². The van der Waals surface area contributed by atoms with Crippen LogP contribution in [0.3, 0.4) is 0 Å². The molecule has 22 heavy (non-hydrogen) atoms. The van der Waals surface area contributed by atoms with Gasteiger partial charge in [0.15, 0.2) is 0 Å². The normalized spacial score (nSPS) is 20.8. The van der Waals surface area contributed by atoms with Crippen LogP contribution < -0.4 is 5.01 Å². The molecule has 0 saturated carbocycles. The molecule has 0 radical (unpaired) electrons. The highest BCUT2D eigenvalue weighted by Gasteiger charge is 2.37. The molecule has 2 aliphatic rings. The quantitative estimate of drug-likeness (QED) is 0.789. The van der Waals surface area contributed by atoms with Gasteiger partial charge in [0.25, 0.3) is 0 Å². The molecule has 3 nitrogen and oxygen atoms in total. The number of thiocarbonyl (C=S) groups is 1. The Hall–Kier alpha value is -2.20. The van der Waals surface area contributed by atoms with Crippen molar-refractivity contribution in [1.29, 1.82) is 0 Å². The summed E-state index contributed by atoms with van der Waals surface area (Å²) in [5.74, 6) is 0. The standard InChI is InChI=1S/C18H17N3S/c22-18-17(14-8-3-1-4-9-14)19-21(15-10-5-2-6-11-15)16-12-7-13-20(16)18/h1-6,8-11,16H,7,12-13H2. The Kier molecular flexibility index (Phi) is 3.39. The molecule has 110 valence electrons. The summed E-state index contributed by atoms with van der Waals surface area (Å²) in [6, 6.07) is 20.6. The van der Waals surface area contributed by atoms with Crippen LogP contribution in [0.4, 0.5) is 5.69 Å². The van der Waals surface area contributed by atoms with Gasteiger partial charge in [0.05, 0.1) is 5.69 Å². The SMILES string of the molecule is S=C1C(c2ccccc2)=NN(c2ccccc2)C2CCCN12. The average molecular weight is 307 g/mol. The highest BCUT2D eigenvalue weighted by Crippen LogP contribution is 2.31. The summed E-state index contributed by atoms with van der Waals surface area (Å²) in [6.45, 7) is 1.01. The molecule has 0 aromatic heterocycles. The van der Waals surface area contributed by atoms with Gasteiger partial charge in [0.1, 0.15) is 16.9 Å². The molecule has 2 aliphatic heterocycles. The first-order valence-electron chi connectivity index (χ1n) is 7.64. The molecule has 4 rings (SSSR count). The van der Waals surface area contributed by atoms with Gasteiger partial charge in [-0.3, -0.25) is 0 Å². The Morgan fingerprint density at radius 3 is 2.36 bits per heavy atom. The number of nitrogens with zero attached hydrogens (tertiary/aromatic N) is 3. The van der Waals surface area contributed by atoms with E-state index >= 15 is 0 Å². The fourth-order valence-corrected chi connectivity index (χ4v) is 3.55. The first-order chi connectivity index (χ1) is 10.8. The van der Waals surface area contributed by atoms with Gasteiger partial charge < -0.3 is 4.90 Å². The van der Waals surface area contributed by atoms with Gasteiger partial charge in [0.2, 0.25) is 0 Å². The Morgan fingerprint density at radius 2 is 1.64 bits per heavy atom. The topological polar surface area (TPSA) is 18.8 Å². The van der Waals surface area contributed by atoms with E-state index in [9.17, 15) is 0 Å². The fraction of sp³-hybridized carbons (Fsp3) is 0.222. The summed E-state index contributed by atoms with van der Waals surface area (Å²) in [5.41, 5.74) is 3.10. The largest absolute Gasteiger partial charge is 0.339 e. The van der Waals surface area contributed by atoms with Crippen molar-refractivity contribution in [2.24, 2.45) is 5.10 Å². The van der Waals surface area contributed by atoms with Crippen molar-refractivity contribution >= 4 is 28.6 Å². The van der Waals surface area contributed by atoms with Crippen molar-refractivity contribution in [3.63, 3.8) is 0 Å². The van der Waals surface area contributed by atoms with E-state index in [1.54, 1.807) is 0 Å². The summed E-state index contributed by atoms with van der Waals surface area (Å²) < 4.78 is 0. The molecular weight excluding hydrogens is 290 g/mol. The Labute approximate surface area is 135 Å². The molecule has 0 aliphatic carbocycles. The third-order valence-corrected chi connectivity index (χ3v) is 4.67. The molecule has 2 heterocycles. The van der Waals surface area contributed by atoms with Gasteiger partial charge in [-0.15, -0.1) is 0 Å². The van der Waals surface area contributed by atoms with Crippen LogP contribution in [-0.2, 0) is 0 Å². The Balaban J connectivity index is 1.82. The lowest BCUT2D eigenvalue weighted by atomic mass is 10.1. The van der Waals surface area contributed by atoms with E-state index in [0.717, 1.165) is 41.3 Å². The number of hydrogen-bond donors (Lipinski definition) is 0. The van der Waals surface area contributed by atoms with Crippen molar-refractivity contribution < 1.29 is 0 Å². The van der Waals surface area contributed by atoms with Crippen LogP contribution in [0.2, 0.25) is 0 Å². The van der Waals surface area contributed by atoms with Crippen LogP contribution in [0.1, 0.15) is 18.4 Å². The average Bonchev–Trinajstić information content (AvgIpc) is 3.07. The van der Waals surface area contributed by atoms with E-state index in [4.69, 9.17) is 17.3 Å². The lowest BCUT2D eigenvalue weighted by Gasteiger charge is -2.39. The molecular formula is C18H17N3S. The highest BCUT2D eigenvalue weighted by atomic mass is 32.1. The second-order valence-corrected chi connectivity index (χ2v) is 6.00. The molecule has 0 amide bonds. The third-order valence-electron chi connectivity index (χ3n) is 4.24. The zero-order valence-corrected chi connectivity index (χ0v) is 13.0. The van der Waals surface area contributed by atoms with Crippen molar-refractivity contribution in [2.75, 3.05) is 11.6 Å². The number of benzene rings is 2. The van der Waals surface area contributed by atoms with E-state index in [-0.39, 0.29) is 6.17 Å². The smallest absolute Gasteiger partial charge is 0.132 e. The molecule has 1 saturated heterocycles. The maximum Gasteiger partial charge on any atom is 0.132 e. The van der Waals surface area contributed by atoms with Crippen molar-refractivity contribution in [1.82, 2.24) is 4.90 Å². The first-order valence-corrected chi connectivity index (χ1v) is 8.05. The van der Waals surface area contributed by atoms with E-state index in [2.05, 4.69) is 46.3 Å². The summed E-state index contributed by atoms with van der Waals surface area (Å²) in [6.07, 6.45) is 2.51. The second-order valence-electron chi connectivity index (χ2n) is 5.62. The third kappa shape index (κ3) is 2.20. The van der Waals surface area contributed by atoms with Crippen LogP contribution in [0.15, 0.2) is 65.8 Å². The lowest BCUT2D eigenvalue weighted by molar-refractivity contribution is 0.376. The minimum Gasteiger partial charge on any atom is -0.339 e. The maximum absolute atomic E-state index is 5.72. The van der Waals surface area contributed by atoms with Crippen LogP contribution in [-0.4, -0.2) is 28.3 Å². The molecule has 4 heteroatoms. The van der Waals surface area contributed by atoms with Crippen molar-refractivity contribution in [3.8, 4) is 0 Å². The number of hydrogen-bond acceptors (Lipinski definition) is 3. The molecule has 1 fully saturated rings. The van der Waals surface area contributed by atoms with Gasteiger partial charge in [0, 0.05) is 12.1 Å². The number of anilines is 1. The number of fused-ring (bicyclic) bond motifs is 1. The molecule has 1 unspecified atom stereocenters. The van der Waals surface area contributed by atoms with E-state index < -0.39 is 0 Å². The predicted molar refractivity (Wildman–Crippen MR) is 94.2 cm³/mol.